The van der Waals surface area contributed by atoms with Crippen LogP contribution in [0.2, 0.25) is 0 Å². The van der Waals surface area contributed by atoms with Gasteiger partial charge in [0, 0.05) is 17.3 Å². The minimum Gasteiger partial charge on any atom is -0.331 e. The molecule has 0 saturated carbocycles. The van der Waals surface area contributed by atoms with E-state index in [0.717, 1.165) is 23.4 Å². The lowest BCUT2D eigenvalue weighted by atomic mass is 10.2. The second-order valence-corrected chi connectivity index (χ2v) is 4.76. The molecule has 0 spiro atoms. The summed E-state index contributed by atoms with van der Waals surface area (Å²) in [4.78, 5) is 0. The Morgan fingerprint density at radius 2 is 1.86 bits per heavy atom. The molecule has 3 nitrogen and oxygen atoms in total. The van der Waals surface area contributed by atoms with Gasteiger partial charge in [0.25, 0.3) is 0 Å². The lowest BCUT2D eigenvalue weighted by Gasteiger charge is -2.07. The molecule has 0 unspecified atom stereocenters. The lowest BCUT2D eigenvalue weighted by Crippen LogP contribution is -2.23. The molecule has 0 saturated heterocycles. The van der Waals surface area contributed by atoms with Crippen molar-refractivity contribution in [3.05, 3.63) is 65.2 Å². The van der Waals surface area contributed by atoms with Crippen LogP contribution < -0.4 is 10.7 Å². The summed E-state index contributed by atoms with van der Waals surface area (Å²) in [7, 11) is 0. The second-order valence-electron chi connectivity index (χ2n) is 4.36. The van der Waals surface area contributed by atoms with Crippen LogP contribution in [0.3, 0.4) is 0 Å². The Morgan fingerprint density at radius 3 is 2.52 bits per heavy atom. The van der Waals surface area contributed by atoms with Gasteiger partial charge in [-0.25, -0.2) is 8.78 Å². The topological polar surface area (TPSA) is 36.4 Å². The number of aryl methyl sites for hydroxylation is 1. The Kier molecular flexibility index (Phi) is 4.94. The van der Waals surface area contributed by atoms with Gasteiger partial charge >= 0.3 is 0 Å². The summed E-state index contributed by atoms with van der Waals surface area (Å²) in [5.41, 5.74) is 4.70. The molecule has 0 amide bonds. The maximum atomic E-state index is 13.4. The largest absolute Gasteiger partial charge is 0.331 e. The molecule has 0 radical (unpaired) electrons. The molecule has 0 aliphatic rings. The van der Waals surface area contributed by atoms with Crippen molar-refractivity contribution < 1.29 is 8.78 Å². The number of hydrazone groups is 1. The number of hydrogen-bond donors (Lipinski definition) is 2. The normalized spacial score (nSPS) is 10.6. The molecule has 0 atom stereocenters. The molecule has 108 valence electrons. The molecule has 0 fully saturated rings. The number of benzene rings is 2. The zero-order valence-electron chi connectivity index (χ0n) is 11.2. The number of rotatable bonds is 3. The fourth-order valence-corrected chi connectivity index (χ4v) is 1.73. The van der Waals surface area contributed by atoms with Crippen LogP contribution >= 0.6 is 12.2 Å². The highest BCUT2D eigenvalue weighted by Crippen LogP contribution is 2.08. The molecule has 2 rings (SSSR count). The molecule has 0 aromatic heterocycles. The van der Waals surface area contributed by atoms with Gasteiger partial charge in [-0.3, -0.25) is 5.43 Å². The minimum absolute atomic E-state index is 0.169. The maximum absolute atomic E-state index is 13.4. The summed E-state index contributed by atoms with van der Waals surface area (Å²) in [6.07, 6.45) is 1.23. The predicted molar refractivity (Wildman–Crippen MR) is 84.5 cm³/mol. The van der Waals surface area contributed by atoms with Crippen LogP contribution in [-0.4, -0.2) is 11.3 Å². The van der Waals surface area contributed by atoms with E-state index in [1.807, 2.05) is 31.2 Å². The number of thiocarbonyl (C=S) groups is 1. The van der Waals surface area contributed by atoms with Crippen LogP contribution in [-0.2, 0) is 0 Å². The van der Waals surface area contributed by atoms with Gasteiger partial charge in [-0.2, -0.15) is 5.10 Å². The Balaban J connectivity index is 1.91. The summed E-state index contributed by atoms with van der Waals surface area (Å²) in [6.45, 7) is 1.99. The molecular weight excluding hydrogens is 292 g/mol. The predicted octanol–water partition coefficient (Wildman–Crippen LogP) is 3.59. The molecule has 6 heteroatoms. The third kappa shape index (κ3) is 4.61. The Morgan fingerprint density at radius 1 is 1.14 bits per heavy atom. The van der Waals surface area contributed by atoms with Crippen molar-refractivity contribution in [3.63, 3.8) is 0 Å². The van der Waals surface area contributed by atoms with Crippen molar-refractivity contribution >= 4 is 29.2 Å². The summed E-state index contributed by atoms with van der Waals surface area (Å²) < 4.78 is 26.1. The first-order valence-corrected chi connectivity index (χ1v) is 6.57. The summed E-state index contributed by atoms with van der Waals surface area (Å²) in [6, 6.07) is 10.9. The quantitative estimate of drug-likeness (QED) is 0.517. The van der Waals surface area contributed by atoms with Gasteiger partial charge in [0.1, 0.15) is 11.6 Å². The van der Waals surface area contributed by atoms with Crippen LogP contribution in [0.25, 0.3) is 0 Å². The van der Waals surface area contributed by atoms with Crippen LogP contribution in [0, 0.1) is 18.6 Å². The van der Waals surface area contributed by atoms with E-state index < -0.39 is 11.6 Å². The molecule has 2 aromatic carbocycles. The van der Waals surface area contributed by atoms with Crippen molar-refractivity contribution in [3.8, 4) is 0 Å². The van der Waals surface area contributed by atoms with Gasteiger partial charge in [0.2, 0.25) is 0 Å². The fraction of sp³-hybridized carbons (Fsp3) is 0.0667. The molecule has 2 aromatic rings. The van der Waals surface area contributed by atoms with Gasteiger partial charge in [0.05, 0.1) is 6.21 Å². The first-order valence-electron chi connectivity index (χ1n) is 6.16. The average molecular weight is 305 g/mol. The summed E-state index contributed by atoms with van der Waals surface area (Å²) in [5, 5.41) is 7.01. The fourth-order valence-electron chi connectivity index (χ4n) is 1.56. The number of halogens is 2. The monoisotopic (exact) mass is 305 g/mol. The van der Waals surface area contributed by atoms with Gasteiger partial charge in [0.15, 0.2) is 5.11 Å². The van der Waals surface area contributed by atoms with Crippen molar-refractivity contribution in [1.29, 1.82) is 0 Å². The first-order chi connectivity index (χ1) is 10.0. The van der Waals surface area contributed by atoms with Crippen molar-refractivity contribution in [1.82, 2.24) is 5.43 Å². The van der Waals surface area contributed by atoms with Crippen LogP contribution in [0.4, 0.5) is 14.5 Å². The maximum Gasteiger partial charge on any atom is 0.191 e. The highest BCUT2D eigenvalue weighted by Gasteiger charge is 2.01. The molecule has 0 aliphatic carbocycles. The molecule has 0 aliphatic heterocycles. The molecular formula is C15H13F2N3S. The van der Waals surface area contributed by atoms with Gasteiger partial charge in [-0.1, -0.05) is 17.7 Å². The average Bonchev–Trinajstić information content (AvgIpc) is 2.44. The number of anilines is 1. The zero-order chi connectivity index (χ0) is 15.2. The minimum atomic E-state index is -0.682. The van der Waals surface area contributed by atoms with Crippen molar-refractivity contribution in [2.45, 2.75) is 6.92 Å². The third-order valence-corrected chi connectivity index (χ3v) is 2.84. The molecule has 21 heavy (non-hydrogen) atoms. The van der Waals surface area contributed by atoms with E-state index in [0.29, 0.717) is 0 Å². The highest BCUT2D eigenvalue weighted by molar-refractivity contribution is 7.80. The van der Waals surface area contributed by atoms with E-state index in [1.165, 1.54) is 12.3 Å². The van der Waals surface area contributed by atoms with E-state index in [1.54, 1.807) is 0 Å². The smallest absolute Gasteiger partial charge is 0.191 e. The number of nitrogens with zero attached hydrogens (tertiary/aromatic N) is 1. The number of nitrogens with one attached hydrogen (secondary N) is 2. The van der Waals surface area contributed by atoms with Crippen LogP contribution in [0.5, 0.6) is 0 Å². The molecule has 0 bridgehead atoms. The summed E-state index contributed by atoms with van der Waals surface area (Å²) >= 11 is 5.05. The zero-order valence-corrected chi connectivity index (χ0v) is 12.0. The third-order valence-electron chi connectivity index (χ3n) is 2.64. The van der Waals surface area contributed by atoms with Crippen LogP contribution in [0.15, 0.2) is 47.6 Å². The lowest BCUT2D eigenvalue weighted by molar-refractivity contribution is 0.582. The van der Waals surface area contributed by atoms with Gasteiger partial charge < -0.3 is 5.32 Å². The van der Waals surface area contributed by atoms with Crippen LogP contribution in [0.1, 0.15) is 11.1 Å². The van der Waals surface area contributed by atoms with E-state index in [2.05, 4.69) is 15.8 Å². The van der Waals surface area contributed by atoms with E-state index in [9.17, 15) is 8.78 Å². The van der Waals surface area contributed by atoms with E-state index in [4.69, 9.17) is 12.2 Å². The standard InChI is InChI=1S/C15H13F2N3S/c1-10-2-6-13(7-3-10)19-15(21)20-18-9-11-4-5-12(16)8-14(11)17/h2-9H,1H3,(H2,19,20,21)/b18-9-. The Hall–Kier alpha value is -2.34. The van der Waals surface area contributed by atoms with Gasteiger partial charge in [-0.05, 0) is 43.4 Å². The first kappa shape index (κ1) is 15.1. The molecule has 2 N–H and O–H groups in total. The SMILES string of the molecule is Cc1ccc(NC(=S)N/N=C\c2ccc(F)cc2F)cc1. The molecule has 0 heterocycles. The Labute approximate surface area is 126 Å². The van der Waals surface area contributed by atoms with E-state index >= 15 is 0 Å². The van der Waals surface area contributed by atoms with Crippen molar-refractivity contribution in [2.75, 3.05) is 5.32 Å². The second kappa shape index (κ2) is 6.90. The van der Waals surface area contributed by atoms with Gasteiger partial charge in [-0.15, -0.1) is 0 Å². The Bertz CT molecular complexity index is 669. The highest BCUT2D eigenvalue weighted by atomic mass is 32.1. The summed E-state index contributed by atoms with van der Waals surface area (Å²) in [5.74, 6) is -1.31. The van der Waals surface area contributed by atoms with Crippen molar-refractivity contribution in [2.24, 2.45) is 5.10 Å². The number of hydrogen-bond acceptors (Lipinski definition) is 2. The van der Waals surface area contributed by atoms with E-state index in [-0.39, 0.29) is 10.7 Å².